The molecule has 1 atom stereocenters. The van der Waals surface area contributed by atoms with Crippen LogP contribution in [0.2, 0.25) is 0 Å². The average molecular weight is 287 g/mol. The van der Waals surface area contributed by atoms with Crippen LogP contribution in [-0.2, 0) is 10.0 Å². The summed E-state index contributed by atoms with van der Waals surface area (Å²) in [6, 6.07) is 4.52. The van der Waals surface area contributed by atoms with Crippen molar-refractivity contribution in [3.05, 3.63) is 18.2 Å². The minimum absolute atomic E-state index is 0.0850. The van der Waals surface area contributed by atoms with Crippen molar-refractivity contribution in [2.24, 2.45) is 5.92 Å². The maximum atomic E-state index is 12.3. The molecular weight excluding hydrogens is 266 g/mol. The Kier molecular flexibility index (Phi) is 5.20. The van der Waals surface area contributed by atoms with Gasteiger partial charge >= 0.3 is 0 Å². The molecule has 1 aromatic carbocycles. The Labute approximate surface area is 115 Å². The van der Waals surface area contributed by atoms with Crippen LogP contribution in [0.4, 0.5) is 0 Å². The fourth-order valence-corrected chi connectivity index (χ4v) is 3.01. The van der Waals surface area contributed by atoms with Gasteiger partial charge in [0, 0.05) is 12.1 Å². The summed E-state index contributed by atoms with van der Waals surface area (Å²) in [5.41, 5.74) is 0. The standard InChI is InChI=1S/C13H21NO4S/c1-9(2)10(3)14-19(15,16)13-8-11(17-4)6-7-12(13)18-5/h6-10,14H,1-5H3. The number of benzene rings is 1. The molecule has 0 aliphatic rings. The first-order valence-corrected chi connectivity index (χ1v) is 7.54. The summed E-state index contributed by atoms with van der Waals surface area (Å²) in [5.74, 6) is 0.967. The van der Waals surface area contributed by atoms with Gasteiger partial charge in [-0.15, -0.1) is 0 Å². The van der Waals surface area contributed by atoms with E-state index in [1.807, 2.05) is 20.8 Å². The SMILES string of the molecule is COc1ccc(OC)c(S(=O)(=O)NC(C)C(C)C)c1. The summed E-state index contributed by atoms with van der Waals surface area (Å²) in [6.07, 6.45) is 0. The fraction of sp³-hybridized carbons (Fsp3) is 0.538. The Morgan fingerprint density at radius 1 is 1.11 bits per heavy atom. The molecule has 1 aromatic rings. The van der Waals surface area contributed by atoms with Crippen LogP contribution in [0.3, 0.4) is 0 Å². The predicted molar refractivity (Wildman–Crippen MR) is 74.2 cm³/mol. The molecule has 0 fully saturated rings. The molecule has 5 nitrogen and oxygen atoms in total. The Bertz CT molecular complexity index is 525. The molecule has 0 heterocycles. The highest BCUT2D eigenvalue weighted by molar-refractivity contribution is 7.89. The van der Waals surface area contributed by atoms with Crippen LogP contribution >= 0.6 is 0 Å². The van der Waals surface area contributed by atoms with Crippen molar-refractivity contribution in [3.63, 3.8) is 0 Å². The Balaban J connectivity index is 3.19. The minimum Gasteiger partial charge on any atom is -0.497 e. The number of hydrogen-bond donors (Lipinski definition) is 1. The van der Waals surface area contributed by atoms with Crippen molar-refractivity contribution < 1.29 is 17.9 Å². The number of ether oxygens (including phenoxy) is 2. The van der Waals surface area contributed by atoms with Crippen molar-refractivity contribution >= 4 is 10.0 Å². The molecule has 19 heavy (non-hydrogen) atoms. The van der Waals surface area contributed by atoms with Crippen LogP contribution in [0, 0.1) is 5.92 Å². The fourth-order valence-electron chi connectivity index (χ4n) is 1.44. The number of hydrogen-bond acceptors (Lipinski definition) is 4. The van der Waals surface area contributed by atoms with E-state index in [1.165, 1.54) is 20.3 Å². The molecule has 0 aliphatic carbocycles. The van der Waals surface area contributed by atoms with Gasteiger partial charge in [0.1, 0.15) is 16.4 Å². The van der Waals surface area contributed by atoms with Crippen molar-refractivity contribution in [3.8, 4) is 11.5 Å². The van der Waals surface area contributed by atoms with E-state index in [9.17, 15) is 8.42 Å². The minimum atomic E-state index is -3.63. The third-order valence-corrected chi connectivity index (χ3v) is 4.58. The van der Waals surface area contributed by atoms with Gasteiger partial charge < -0.3 is 9.47 Å². The van der Waals surface area contributed by atoms with Gasteiger partial charge in [-0.1, -0.05) is 13.8 Å². The molecule has 0 saturated carbocycles. The molecule has 0 aliphatic heterocycles. The van der Waals surface area contributed by atoms with Gasteiger partial charge in [-0.25, -0.2) is 13.1 Å². The molecule has 1 unspecified atom stereocenters. The maximum Gasteiger partial charge on any atom is 0.244 e. The normalized spacial score (nSPS) is 13.4. The van der Waals surface area contributed by atoms with E-state index in [1.54, 1.807) is 12.1 Å². The third-order valence-electron chi connectivity index (χ3n) is 3.00. The third kappa shape index (κ3) is 3.84. The second-order valence-electron chi connectivity index (χ2n) is 4.67. The van der Waals surface area contributed by atoms with Gasteiger partial charge in [0.05, 0.1) is 14.2 Å². The molecule has 1 N–H and O–H groups in total. The summed E-state index contributed by atoms with van der Waals surface area (Å²) < 4.78 is 37.5. The van der Waals surface area contributed by atoms with Gasteiger partial charge in [0.15, 0.2) is 0 Å². The molecule has 6 heteroatoms. The molecule has 0 radical (unpaired) electrons. The number of methoxy groups -OCH3 is 2. The van der Waals surface area contributed by atoms with E-state index in [0.29, 0.717) is 11.5 Å². The second-order valence-corrected chi connectivity index (χ2v) is 6.35. The lowest BCUT2D eigenvalue weighted by Gasteiger charge is -2.19. The van der Waals surface area contributed by atoms with Crippen LogP contribution in [0.15, 0.2) is 23.1 Å². The van der Waals surface area contributed by atoms with Crippen LogP contribution in [0.25, 0.3) is 0 Å². The number of nitrogens with one attached hydrogen (secondary N) is 1. The van der Waals surface area contributed by atoms with Gasteiger partial charge in [0.2, 0.25) is 10.0 Å². The Morgan fingerprint density at radius 3 is 2.21 bits per heavy atom. The van der Waals surface area contributed by atoms with E-state index in [4.69, 9.17) is 9.47 Å². The van der Waals surface area contributed by atoms with E-state index in [0.717, 1.165) is 0 Å². The van der Waals surface area contributed by atoms with E-state index in [2.05, 4.69) is 4.72 Å². The monoisotopic (exact) mass is 287 g/mol. The first kappa shape index (κ1) is 15.8. The van der Waals surface area contributed by atoms with Crippen LogP contribution in [0.5, 0.6) is 11.5 Å². The van der Waals surface area contributed by atoms with Gasteiger partial charge in [-0.3, -0.25) is 0 Å². The van der Waals surface area contributed by atoms with Crippen molar-refractivity contribution in [2.75, 3.05) is 14.2 Å². The predicted octanol–water partition coefficient (Wildman–Crippen LogP) is 2.03. The topological polar surface area (TPSA) is 64.6 Å². The Morgan fingerprint density at radius 2 is 1.74 bits per heavy atom. The highest BCUT2D eigenvalue weighted by Crippen LogP contribution is 2.28. The molecule has 0 aromatic heterocycles. The maximum absolute atomic E-state index is 12.3. The molecule has 0 amide bonds. The molecule has 1 rings (SSSR count). The van der Waals surface area contributed by atoms with Crippen molar-refractivity contribution in [2.45, 2.75) is 31.7 Å². The average Bonchev–Trinajstić information content (AvgIpc) is 2.37. The first-order valence-electron chi connectivity index (χ1n) is 6.06. The molecule has 0 spiro atoms. The zero-order valence-corrected chi connectivity index (χ0v) is 12.7. The van der Waals surface area contributed by atoms with Crippen LogP contribution < -0.4 is 14.2 Å². The highest BCUT2D eigenvalue weighted by atomic mass is 32.2. The largest absolute Gasteiger partial charge is 0.497 e. The first-order chi connectivity index (χ1) is 8.81. The molecule has 0 saturated heterocycles. The van der Waals surface area contributed by atoms with Gasteiger partial charge in [-0.2, -0.15) is 0 Å². The lowest BCUT2D eigenvalue weighted by Crippen LogP contribution is -2.36. The number of sulfonamides is 1. The molecule has 108 valence electrons. The summed E-state index contributed by atoms with van der Waals surface area (Å²) in [5, 5.41) is 0. The summed E-state index contributed by atoms with van der Waals surface area (Å²) in [4.78, 5) is 0.0850. The quantitative estimate of drug-likeness (QED) is 0.869. The highest BCUT2D eigenvalue weighted by Gasteiger charge is 2.23. The molecular formula is C13H21NO4S. The van der Waals surface area contributed by atoms with Gasteiger partial charge in [0.25, 0.3) is 0 Å². The van der Waals surface area contributed by atoms with E-state index >= 15 is 0 Å². The number of rotatable bonds is 6. The molecule has 0 bridgehead atoms. The lowest BCUT2D eigenvalue weighted by atomic mass is 10.1. The van der Waals surface area contributed by atoms with E-state index in [-0.39, 0.29) is 16.9 Å². The summed E-state index contributed by atoms with van der Waals surface area (Å²) >= 11 is 0. The van der Waals surface area contributed by atoms with E-state index < -0.39 is 10.0 Å². The van der Waals surface area contributed by atoms with Crippen molar-refractivity contribution in [1.82, 2.24) is 4.72 Å². The van der Waals surface area contributed by atoms with Gasteiger partial charge in [-0.05, 0) is 25.0 Å². The Hall–Kier alpha value is -1.27. The summed E-state index contributed by atoms with van der Waals surface area (Å²) in [6.45, 7) is 5.74. The zero-order valence-electron chi connectivity index (χ0n) is 11.9. The zero-order chi connectivity index (χ0) is 14.6. The van der Waals surface area contributed by atoms with Crippen molar-refractivity contribution in [1.29, 1.82) is 0 Å². The lowest BCUT2D eigenvalue weighted by molar-refractivity contribution is 0.391. The second kappa shape index (κ2) is 6.25. The summed E-state index contributed by atoms with van der Waals surface area (Å²) in [7, 11) is -0.709. The van der Waals surface area contributed by atoms with Crippen LogP contribution in [0.1, 0.15) is 20.8 Å². The van der Waals surface area contributed by atoms with Crippen LogP contribution in [-0.4, -0.2) is 28.7 Å². The smallest absolute Gasteiger partial charge is 0.244 e.